The van der Waals surface area contributed by atoms with Crippen molar-refractivity contribution in [1.82, 2.24) is 0 Å². The molecule has 6 heteroatoms. The number of carbonyl (C=O) groups excluding carboxylic acids is 1. The number of amides is 1. The molecule has 0 radical (unpaired) electrons. The maximum absolute atomic E-state index is 11.5. The maximum Gasteiger partial charge on any atom is 0.250 e. The molecule has 0 atom stereocenters. The summed E-state index contributed by atoms with van der Waals surface area (Å²) in [5.41, 5.74) is 12.3. The van der Waals surface area contributed by atoms with Gasteiger partial charge in [-0.1, -0.05) is 11.6 Å². The highest BCUT2D eigenvalue weighted by Gasteiger charge is 2.16. The topological polar surface area (TPSA) is 81.6 Å². The van der Waals surface area contributed by atoms with Crippen LogP contribution >= 0.6 is 11.6 Å². The summed E-state index contributed by atoms with van der Waals surface area (Å²) in [7, 11) is 1.83. The fourth-order valence-electron chi connectivity index (χ4n) is 1.73. The summed E-state index contributed by atoms with van der Waals surface area (Å²) in [4.78, 5) is 13.3. The Bertz CT molecular complexity index is 463. The zero-order valence-corrected chi connectivity index (χ0v) is 12.2. The van der Waals surface area contributed by atoms with E-state index < -0.39 is 5.91 Å². The summed E-state index contributed by atoms with van der Waals surface area (Å²) in [6, 6.07) is 3.13. The molecule has 0 fully saturated rings. The molecule has 0 aliphatic rings. The lowest BCUT2D eigenvalue weighted by Crippen LogP contribution is -2.27. The summed E-state index contributed by atoms with van der Waals surface area (Å²) in [6.07, 6.45) is 0.158. The molecule has 1 aromatic carbocycles. The smallest absolute Gasteiger partial charge is 0.250 e. The molecular weight excluding hydrogens is 266 g/mol. The predicted molar refractivity (Wildman–Crippen MR) is 78.7 cm³/mol. The van der Waals surface area contributed by atoms with E-state index in [1.807, 2.05) is 25.8 Å². The van der Waals surface area contributed by atoms with Crippen LogP contribution in [0, 0.1) is 0 Å². The average molecular weight is 286 g/mol. The van der Waals surface area contributed by atoms with Crippen LogP contribution in [0.15, 0.2) is 12.1 Å². The van der Waals surface area contributed by atoms with Crippen LogP contribution in [-0.2, 0) is 4.74 Å². The lowest BCUT2D eigenvalue weighted by Gasteiger charge is -2.23. The van der Waals surface area contributed by atoms with E-state index in [1.54, 1.807) is 6.07 Å². The van der Waals surface area contributed by atoms with Crippen LogP contribution in [-0.4, -0.2) is 32.2 Å². The molecule has 0 unspecified atom stereocenters. The second kappa shape index (κ2) is 6.63. The number of benzene rings is 1. The summed E-state index contributed by atoms with van der Waals surface area (Å²) in [5, 5.41) is 0.404. The van der Waals surface area contributed by atoms with E-state index in [1.165, 1.54) is 6.07 Å². The minimum Gasteiger partial charge on any atom is -0.399 e. The first-order valence-corrected chi connectivity index (χ1v) is 6.42. The Kier molecular flexibility index (Phi) is 5.44. The van der Waals surface area contributed by atoms with Crippen molar-refractivity contribution in [3.05, 3.63) is 22.7 Å². The SMILES string of the molecule is CC(C)OCCN(C)c1c(Cl)cc(N)cc1C(N)=O. The first-order chi connectivity index (χ1) is 8.82. The van der Waals surface area contributed by atoms with Crippen molar-refractivity contribution in [3.8, 4) is 0 Å². The van der Waals surface area contributed by atoms with Crippen LogP contribution in [0.25, 0.3) is 0 Å². The van der Waals surface area contributed by atoms with Crippen molar-refractivity contribution in [2.75, 3.05) is 30.8 Å². The van der Waals surface area contributed by atoms with Crippen molar-refractivity contribution in [2.24, 2.45) is 5.73 Å². The second-order valence-electron chi connectivity index (χ2n) is 4.60. The number of hydrogen-bond donors (Lipinski definition) is 2. The van der Waals surface area contributed by atoms with Gasteiger partial charge in [0, 0.05) is 19.3 Å². The maximum atomic E-state index is 11.5. The predicted octanol–water partition coefficient (Wildman–Crippen LogP) is 1.88. The monoisotopic (exact) mass is 285 g/mol. The highest BCUT2D eigenvalue weighted by atomic mass is 35.5. The Morgan fingerprint density at radius 2 is 2.11 bits per heavy atom. The third-order valence-corrected chi connectivity index (χ3v) is 2.90. The molecule has 1 rings (SSSR count). The molecule has 1 aromatic rings. The number of nitrogens with zero attached hydrogens (tertiary/aromatic N) is 1. The molecule has 0 aromatic heterocycles. The van der Waals surface area contributed by atoms with Gasteiger partial charge in [-0.25, -0.2) is 0 Å². The van der Waals surface area contributed by atoms with E-state index in [4.69, 9.17) is 27.8 Å². The van der Waals surface area contributed by atoms with Gasteiger partial charge < -0.3 is 21.1 Å². The number of nitrogens with two attached hydrogens (primary N) is 2. The molecule has 19 heavy (non-hydrogen) atoms. The van der Waals surface area contributed by atoms with Crippen molar-refractivity contribution >= 4 is 28.9 Å². The standard InChI is InChI=1S/C13H20ClN3O2/c1-8(2)19-5-4-17(3)12-10(13(16)18)6-9(15)7-11(12)14/h6-8H,4-5,15H2,1-3H3,(H2,16,18). The van der Waals surface area contributed by atoms with Gasteiger partial charge in [0.25, 0.3) is 5.91 Å². The average Bonchev–Trinajstić information content (AvgIpc) is 2.26. The van der Waals surface area contributed by atoms with Crippen LogP contribution in [0.5, 0.6) is 0 Å². The number of ether oxygens (including phenoxy) is 1. The van der Waals surface area contributed by atoms with E-state index in [0.29, 0.717) is 35.1 Å². The van der Waals surface area contributed by atoms with Crippen LogP contribution < -0.4 is 16.4 Å². The summed E-state index contributed by atoms with van der Waals surface area (Å²) >= 11 is 6.14. The molecular formula is C13H20ClN3O2. The highest BCUT2D eigenvalue weighted by Crippen LogP contribution is 2.31. The van der Waals surface area contributed by atoms with E-state index in [9.17, 15) is 4.79 Å². The summed E-state index contributed by atoms with van der Waals surface area (Å²) in [5.74, 6) is -0.555. The Hall–Kier alpha value is -1.46. The Labute approximate surface area is 118 Å². The van der Waals surface area contributed by atoms with Crippen molar-refractivity contribution in [3.63, 3.8) is 0 Å². The minimum absolute atomic E-state index is 0.158. The largest absolute Gasteiger partial charge is 0.399 e. The Balaban J connectivity index is 2.95. The molecule has 1 amide bonds. The van der Waals surface area contributed by atoms with E-state index in [-0.39, 0.29) is 6.10 Å². The van der Waals surface area contributed by atoms with Gasteiger partial charge in [-0.2, -0.15) is 0 Å². The molecule has 106 valence electrons. The second-order valence-corrected chi connectivity index (χ2v) is 5.01. The zero-order valence-electron chi connectivity index (χ0n) is 11.4. The lowest BCUT2D eigenvalue weighted by atomic mass is 10.1. The quantitative estimate of drug-likeness (QED) is 0.782. The van der Waals surface area contributed by atoms with Crippen LogP contribution in [0.3, 0.4) is 0 Å². The normalized spacial score (nSPS) is 10.8. The number of rotatable bonds is 6. The molecule has 4 N–H and O–H groups in total. The number of primary amides is 1. The van der Waals surface area contributed by atoms with Gasteiger partial charge in [0.05, 0.1) is 29.0 Å². The van der Waals surface area contributed by atoms with E-state index in [0.717, 1.165) is 0 Å². The third kappa shape index (κ3) is 4.29. The van der Waals surface area contributed by atoms with Gasteiger partial charge in [0.15, 0.2) is 0 Å². The Morgan fingerprint density at radius 3 is 2.63 bits per heavy atom. The van der Waals surface area contributed by atoms with Gasteiger partial charge in [0.2, 0.25) is 0 Å². The summed E-state index contributed by atoms with van der Waals surface area (Å²) in [6.45, 7) is 5.06. The highest BCUT2D eigenvalue weighted by molar-refractivity contribution is 6.34. The van der Waals surface area contributed by atoms with E-state index >= 15 is 0 Å². The fraction of sp³-hybridized carbons (Fsp3) is 0.462. The Morgan fingerprint density at radius 1 is 1.47 bits per heavy atom. The van der Waals surface area contributed by atoms with Gasteiger partial charge >= 0.3 is 0 Å². The molecule has 5 nitrogen and oxygen atoms in total. The zero-order chi connectivity index (χ0) is 14.6. The fourth-order valence-corrected chi connectivity index (χ4v) is 2.11. The van der Waals surface area contributed by atoms with Gasteiger partial charge in [-0.3, -0.25) is 4.79 Å². The number of halogens is 1. The van der Waals surface area contributed by atoms with Crippen LogP contribution in [0.1, 0.15) is 24.2 Å². The van der Waals surface area contributed by atoms with Crippen molar-refractivity contribution in [1.29, 1.82) is 0 Å². The lowest BCUT2D eigenvalue weighted by molar-refractivity contribution is 0.0845. The molecule has 0 aliphatic heterocycles. The molecule has 0 saturated heterocycles. The third-order valence-electron chi connectivity index (χ3n) is 2.61. The number of hydrogen-bond acceptors (Lipinski definition) is 4. The molecule has 0 aliphatic carbocycles. The van der Waals surface area contributed by atoms with Gasteiger partial charge in [-0.05, 0) is 26.0 Å². The molecule has 0 bridgehead atoms. The minimum atomic E-state index is -0.555. The van der Waals surface area contributed by atoms with E-state index in [2.05, 4.69) is 0 Å². The van der Waals surface area contributed by atoms with Gasteiger partial charge in [-0.15, -0.1) is 0 Å². The van der Waals surface area contributed by atoms with Crippen LogP contribution in [0.2, 0.25) is 5.02 Å². The number of likely N-dealkylation sites (N-methyl/N-ethyl adjacent to an activating group) is 1. The number of nitrogen functional groups attached to an aromatic ring is 1. The van der Waals surface area contributed by atoms with Crippen molar-refractivity contribution < 1.29 is 9.53 Å². The number of carbonyl (C=O) groups is 1. The molecule has 0 spiro atoms. The summed E-state index contributed by atoms with van der Waals surface area (Å²) < 4.78 is 5.47. The first-order valence-electron chi connectivity index (χ1n) is 6.04. The molecule has 0 heterocycles. The van der Waals surface area contributed by atoms with Gasteiger partial charge in [0.1, 0.15) is 0 Å². The first kappa shape index (κ1) is 15.6. The number of anilines is 2. The molecule has 0 saturated carbocycles. The van der Waals surface area contributed by atoms with Crippen LogP contribution in [0.4, 0.5) is 11.4 Å². The van der Waals surface area contributed by atoms with Crippen molar-refractivity contribution in [2.45, 2.75) is 20.0 Å².